The van der Waals surface area contributed by atoms with Gasteiger partial charge in [-0.3, -0.25) is 14.4 Å². The number of carbonyl (C=O) groups is 3. The van der Waals surface area contributed by atoms with Gasteiger partial charge in [0, 0.05) is 11.5 Å². The van der Waals surface area contributed by atoms with Gasteiger partial charge in [-0.15, -0.1) is 0 Å². The fourth-order valence-corrected chi connectivity index (χ4v) is 3.23. The minimum Gasteiger partial charge on any atom is -0.465 e. The van der Waals surface area contributed by atoms with Crippen LogP contribution in [0.1, 0.15) is 35.7 Å². The minimum absolute atomic E-state index is 0.00769. The van der Waals surface area contributed by atoms with Crippen LogP contribution in [0.2, 0.25) is 0 Å². The van der Waals surface area contributed by atoms with Gasteiger partial charge in [0.2, 0.25) is 5.91 Å². The van der Waals surface area contributed by atoms with Crippen LogP contribution in [0, 0.1) is 0 Å². The molecule has 2 amide bonds. The highest BCUT2D eigenvalue weighted by Crippen LogP contribution is 2.30. The van der Waals surface area contributed by atoms with Crippen LogP contribution >= 0.6 is 0 Å². The third-order valence-corrected chi connectivity index (χ3v) is 4.72. The van der Waals surface area contributed by atoms with Gasteiger partial charge in [0.25, 0.3) is 5.91 Å². The lowest BCUT2D eigenvalue weighted by atomic mass is 9.91. The molecule has 0 unspecified atom stereocenters. The molecular formula is C23H24N2O4. The molecule has 6 nitrogen and oxygen atoms in total. The molecule has 0 spiro atoms. The molecule has 0 saturated heterocycles. The molecule has 1 aliphatic rings. The van der Waals surface area contributed by atoms with Crippen LogP contribution in [0.15, 0.2) is 60.7 Å². The Morgan fingerprint density at radius 2 is 1.72 bits per heavy atom. The number of ether oxygens (including phenoxy) is 1. The van der Waals surface area contributed by atoms with Crippen LogP contribution in [0.4, 0.5) is 0 Å². The third-order valence-electron chi connectivity index (χ3n) is 4.72. The van der Waals surface area contributed by atoms with Gasteiger partial charge in [0.15, 0.2) is 0 Å². The molecule has 2 N–H and O–H groups in total. The first-order chi connectivity index (χ1) is 14.0. The summed E-state index contributed by atoms with van der Waals surface area (Å²) in [5, 5.41) is 7.20. The smallest absolute Gasteiger partial charge is 0.325 e. The molecule has 2 aromatic carbocycles. The average molecular weight is 392 g/mol. The van der Waals surface area contributed by atoms with Crippen LogP contribution < -0.4 is 10.6 Å². The summed E-state index contributed by atoms with van der Waals surface area (Å²) in [5.74, 6) is -1.29. The molecule has 0 saturated carbocycles. The summed E-state index contributed by atoms with van der Waals surface area (Å²) in [6.07, 6.45) is 7.95. The molecule has 29 heavy (non-hydrogen) atoms. The number of fused-ring (bicyclic) bond motifs is 1. The molecule has 3 rings (SSSR count). The number of benzene rings is 2. The van der Waals surface area contributed by atoms with E-state index in [-0.39, 0.29) is 25.0 Å². The summed E-state index contributed by atoms with van der Waals surface area (Å²) in [6.45, 7) is 3.29. The number of rotatable bonds is 7. The normalized spacial score (nSPS) is 14.0. The maximum absolute atomic E-state index is 13.0. The summed E-state index contributed by atoms with van der Waals surface area (Å²) < 4.78 is 4.78. The molecule has 1 aliphatic carbocycles. The maximum Gasteiger partial charge on any atom is 0.325 e. The van der Waals surface area contributed by atoms with Crippen LogP contribution in [-0.2, 0) is 14.3 Å². The Bertz CT molecular complexity index is 982. The Hall–Kier alpha value is -3.41. The van der Waals surface area contributed by atoms with E-state index < -0.39 is 17.9 Å². The topological polar surface area (TPSA) is 84.5 Å². The second-order valence-corrected chi connectivity index (χ2v) is 6.80. The fraction of sp³-hybridized carbons (Fsp3) is 0.261. The zero-order valence-corrected chi connectivity index (χ0v) is 16.5. The lowest BCUT2D eigenvalue weighted by Gasteiger charge is -2.18. The summed E-state index contributed by atoms with van der Waals surface area (Å²) in [6, 6.07) is 10.9. The van der Waals surface area contributed by atoms with Crippen molar-refractivity contribution >= 4 is 28.6 Å². The van der Waals surface area contributed by atoms with E-state index in [1.54, 1.807) is 13.8 Å². The number of amides is 2. The number of carbonyl (C=O) groups excluding carboxylic acids is 3. The molecule has 2 aromatic rings. The van der Waals surface area contributed by atoms with Crippen molar-refractivity contribution in [3.8, 4) is 0 Å². The number of nitrogens with one attached hydrogen (secondary N) is 2. The Balaban J connectivity index is 1.78. The summed E-state index contributed by atoms with van der Waals surface area (Å²) >= 11 is 0. The van der Waals surface area contributed by atoms with E-state index in [4.69, 9.17) is 4.74 Å². The molecule has 0 radical (unpaired) electrons. The van der Waals surface area contributed by atoms with Gasteiger partial charge >= 0.3 is 5.97 Å². The predicted octanol–water partition coefficient (Wildman–Crippen LogP) is 2.85. The van der Waals surface area contributed by atoms with Crippen molar-refractivity contribution in [1.29, 1.82) is 0 Å². The van der Waals surface area contributed by atoms with Gasteiger partial charge in [-0.05, 0) is 42.3 Å². The van der Waals surface area contributed by atoms with Crippen LogP contribution in [0.25, 0.3) is 10.8 Å². The quantitative estimate of drug-likeness (QED) is 0.710. The van der Waals surface area contributed by atoms with Crippen molar-refractivity contribution in [2.45, 2.75) is 25.8 Å². The molecular weight excluding hydrogens is 368 g/mol. The number of hydrogen-bond donors (Lipinski definition) is 2. The molecule has 0 aromatic heterocycles. The molecule has 150 valence electrons. The number of allylic oxidation sites excluding steroid dienone is 4. The Morgan fingerprint density at radius 3 is 2.38 bits per heavy atom. The molecule has 0 bridgehead atoms. The van der Waals surface area contributed by atoms with E-state index in [2.05, 4.69) is 10.6 Å². The summed E-state index contributed by atoms with van der Waals surface area (Å²) in [7, 11) is 0. The number of esters is 1. The first kappa shape index (κ1) is 20.3. The molecule has 0 fully saturated rings. The Morgan fingerprint density at radius 1 is 1.07 bits per heavy atom. The standard InChI is InChI=1S/C23H24N2O4/c1-3-29-21(26)14-24-22(27)15(2)25-23(28)20-13-18-11-7-6-10-17(18)12-19(20)16-8-4-5-9-16/h4-13,15-16H,3,14H2,1-2H3,(H,24,27)(H,25,28)/t15-/m0/s1. The Kier molecular flexibility index (Phi) is 6.44. The average Bonchev–Trinajstić information content (AvgIpc) is 3.25. The maximum atomic E-state index is 13.0. The van der Waals surface area contributed by atoms with Crippen molar-refractivity contribution in [3.63, 3.8) is 0 Å². The van der Waals surface area contributed by atoms with Crippen molar-refractivity contribution in [2.24, 2.45) is 0 Å². The van der Waals surface area contributed by atoms with Gasteiger partial charge < -0.3 is 15.4 Å². The third kappa shape index (κ3) is 4.90. The van der Waals surface area contributed by atoms with Crippen molar-refractivity contribution in [3.05, 3.63) is 71.8 Å². The first-order valence-corrected chi connectivity index (χ1v) is 9.61. The molecule has 1 atom stereocenters. The van der Waals surface area contributed by atoms with Gasteiger partial charge in [0.05, 0.1) is 6.61 Å². The van der Waals surface area contributed by atoms with E-state index in [9.17, 15) is 14.4 Å². The van der Waals surface area contributed by atoms with Crippen molar-refractivity contribution < 1.29 is 19.1 Å². The van der Waals surface area contributed by atoms with Crippen LogP contribution in [0.5, 0.6) is 0 Å². The Labute approximate surface area is 169 Å². The monoisotopic (exact) mass is 392 g/mol. The second kappa shape index (κ2) is 9.19. The molecule has 0 aliphatic heterocycles. The highest BCUT2D eigenvalue weighted by Gasteiger charge is 2.22. The van der Waals surface area contributed by atoms with E-state index in [0.29, 0.717) is 5.56 Å². The lowest BCUT2D eigenvalue weighted by Crippen LogP contribution is -2.46. The van der Waals surface area contributed by atoms with E-state index in [1.807, 2.05) is 60.7 Å². The lowest BCUT2D eigenvalue weighted by molar-refractivity contribution is -0.143. The van der Waals surface area contributed by atoms with E-state index in [1.165, 1.54) is 0 Å². The van der Waals surface area contributed by atoms with Gasteiger partial charge in [0.1, 0.15) is 12.6 Å². The van der Waals surface area contributed by atoms with Gasteiger partial charge in [-0.1, -0.05) is 48.6 Å². The summed E-state index contributed by atoms with van der Waals surface area (Å²) in [5.41, 5.74) is 1.40. The highest BCUT2D eigenvalue weighted by atomic mass is 16.5. The number of hydrogen-bond acceptors (Lipinski definition) is 4. The predicted molar refractivity (Wildman–Crippen MR) is 112 cm³/mol. The van der Waals surface area contributed by atoms with E-state index in [0.717, 1.165) is 16.3 Å². The minimum atomic E-state index is -0.800. The molecule has 6 heteroatoms. The molecule has 0 heterocycles. The fourth-order valence-electron chi connectivity index (χ4n) is 3.23. The van der Waals surface area contributed by atoms with Gasteiger partial charge in [-0.25, -0.2) is 0 Å². The van der Waals surface area contributed by atoms with E-state index >= 15 is 0 Å². The first-order valence-electron chi connectivity index (χ1n) is 9.61. The van der Waals surface area contributed by atoms with Gasteiger partial charge in [-0.2, -0.15) is 0 Å². The zero-order valence-electron chi connectivity index (χ0n) is 16.5. The van der Waals surface area contributed by atoms with Crippen molar-refractivity contribution in [1.82, 2.24) is 10.6 Å². The second-order valence-electron chi connectivity index (χ2n) is 6.80. The van der Waals surface area contributed by atoms with Crippen LogP contribution in [-0.4, -0.2) is 37.0 Å². The SMILES string of the molecule is CCOC(=O)CNC(=O)[C@H](C)NC(=O)c1cc2ccccc2cc1C1C=CC=C1. The largest absolute Gasteiger partial charge is 0.465 e. The van der Waals surface area contributed by atoms with Crippen molar-refractivity contribution in [2.75, 3.05) is 13.2 Å². The zero-order chi connectivity index (χ0) is 20.8. The highest BCUT2D eigenvalue weighted by molar-refractivity contribution is 6.02. The summed E-state index contributed by atoms with van der Waals surface area (Å²) in [4.78, 5) is 36.6. The van der Waals surface area contributed by atoms with Crippen LogP contribution in [0.3, 0.4) is 0 Å².